The van der Waals surface area contributed by atoms with Gasteiger partial charge in [0.25, 0.3) is 0 Å². The van der Waals surface area contributed by atoms with E-state index in [0.29, 0.717) is 0 Å². The van der Waals surface area contributed by atoms with Gasteiger partial charge >= 0.3 is 5.97 Å². The molecule has 0 fully saturated rings. The quantitative estimate of drug-likeness (QED) is 0.634. The molecule has 2 nitrogen and oxygen atoms in total. The van der Waals surface area contributed by atoms with Gasteiger partial charge in [0.15, 0.2) is 0 Å². The summed E-state index contributed by atoms with van der Waals surface area (Å²) in [5.74, 6) is -0.972. The van der Waals surface area contributed by atoms with E-state index in [1.54, 1.807) is 13.8 Å². The molecule has 0 aliphatic heterocycles. The minimum Gasteiger partial charge on any atom is -0.481 e. The van der Waals surface area contributed by atoms with Crippen LogP contribution in [0.25, 0.3) is 0 Å². The summed E-state index contributed by atoms with van der Waals surface area (Å²) < 4.78 is 0. The van der Waals surface area contributed by atoms with Crippen LogP contribution in [0.1, 0.15) is 13.8 Å². The van der Waals surface area contributed by atoms with Crippen LogP contribution in [0.3, 0.4) is 0 Å². The summed E-state index contributed by atoms with van der Waals surface area (Å²) in [4.78, 5) is 9.70. The summed E-state index contributed by atoms with van der Waals surface area (Å²) in [5.41, 5.74) is 0. The first-order chi connectivity index (χ1) is 2.64. The third-order valence-corrected chi connectivity index (χ3v) is 0.494. The average Bonchev–Trinajstić information content (AvgIpc) is 1.36. The number of rotatable bonds is 1. The van der Waals surface area contributed by atoms with E-state index in [-0.39, 0.29) is 33.2 Å². The van der Waals surface area contributed by atoms with E-state index < -0.39 is 5.97 Å². The zero-order chi connectivity index (χ0) is 5.15. The molecule has 0 heterocycles. The van der Waals surface area contributed by atoms with E-state index in [9.17, 15) is 4.79 Å². The second-order valence-electron chi connectivity index (χ2n) is 1.49. The van der Waals surface area contributed by atoms with Gasteiger partial charge in [-0.05, 0) is 0 Å². The van der Waals surface area contributed by atoms with E-state index in [1.807, 2.05) is 0 Å². The van der Waals surface area contributed by atoms with Crippen LogP contribution in [-0.2, 0) is 32.1 Å². The first-order valence-corrected chi connectivity index (χ1v) is 1.87. The zero-order valence-electron chi connectivity index (χ0n) is 4.64. The third kappa shape index (κ3) is 6.39. The zero-order valence-corrected chi connectivity index (χ0v) is 8.68. The molecule has 0 saturated heterocycles. The maximum Gasteiger partial charge on any atom is 0.305 e. The first kappa shape index (κ1) is 10.4. The Hall–Kier alpha value is 0.392. The van der Waals surface area contributed by atoms with Crippen molar-refractivity contribution in [3.05, 3.63) is 0 Å². The molecule has 0 rings (SSSR count). The Kier molecular flexibility index (Phi) is 6.75. The molecule has 7 heavy (non-hydrogen) atoms. The maximum absolute atomic E-state index is 9.70. The number of carboxylic acid groups (broad SMARTS) is 1. The van der Waals surface area contributed by atoms with Gasteiger partial charge in [0, 0.05) is 27.3 Å². The van der Waals surface area contributed by atoms with E-state index in [0.717, 1.165) is 0 Å². The van der Waals surface area contributed by atoms with Crippen LogP contribution in [-0.4, -0.2) is 11.1 Å². The molecule has 0 aromatic carbocycles. The summed E-state index contributed by atoms with van der Waals surface area (Å²) in [5, 5.41) is 7.99. The molecular formula is C4H8CdO2. The van der Waals surface area contributed by atoms with Crippen LogP contribution >= 0.6 is 0 Å². The van der Waals surface area contributed by atoms with Gasteiger partial charge in [0.1, 0.15) is 0 Å². The average molecular weight is 201 g/mol. The van der Waals surface area contributed by atoms with E-state index in [2.05, 4.69) is 0 Å². The van der Waals surface area contributed by atoms with Gasteiger partial charge in [0.2, 0.25) is 0 Å². The number of hydrogen-bond acceptors (Lipinski definition) is 1. The molecule has 0 aromatic heterocycles. The van der Waals surface area contributed by atoms with Gasteiger partial charge in [-0.2, -0.15) is 0 Å². The SMILES string of the molecule is CC(C)C(=O)O.[Cd]. The van der Waals surface area contributed by atoms with Crippen molar-refractivity contribution in [1.82, 2.24) is 0 Å². The standard InChI is InChI=1S/C4H8O2.Cd/c1-3(2)4(5)6;/h3H,1-2H3,(H,5,6);. The number of carboxylic acids is 1. The molecule has 0 aromatic rings. The van der Waals surface area contributed by atoms with Crippen molar-refractivity contribution in [1.29, 1.82) is 0 Å². The van der Waals surface area contributed by atoms with E-state index in [1.165, 1.54) is 0 Å². The topological polar surface area (TPSA) is 37.3 Å². The molecule has 0 radical (unpaired) electrons. The van der Waals surface area contributed by atoms with E-state index in [4.69, 9.17) is 5.11 Å². The molecular weight excluding hydrogens is 192 g/mol. The van der Waals surface area contributed by atoms with Crippen LogP contribution in [0.2, 0.25) is 0 Å². The summed E-state index contributed by atoms with van der Waals surface area (Å²) in [7, 11) is 0. The van der Waals surface area contributed by atoms with Gasteiger partial charge in [-0.3, -0.25) is 4.79 Å². The molecule has 0 atom stereocenters. The second kappa shape index (κ2) is 4.55. The van der Waals surface area contributed by atoms with Crippen LogP contribution in [0.4, 0.5) is 0 Å². The monoisotopic (exact) mass is 202 g/mol. The predicted molar refractivity (Wildman–Crippen MR) is 22.5 cm³/mol. The fourth-order valence-corrected chi connectivity index (χ4v) is 0. The van der Waals surface area contributed by atoms with Gasteiger partial charge in [-0.25, -0.2) is 0 Å². The van der Waals surface area contributed by atoms with Crippen molar-refractivity contribution in [2.75, 3.05) is 0 Å². The van der Waals surface area contributed by atoms with Crippen molar-refractivity contribution in [2.45, 2.75) is 13.8 Å². The fourth-order valence-electron chi connectivity index (χ4n) is 0. The van der Waals surface area contributed by atoms with E-state index >= 15 is 0 Å². The van der Waals surface area contributed by atoms with Crippen LogP contribution in [0.15, 0.2) is 0 Å². The molecule has 0 aliphatic rings. The molecule has 1 N–H and O–H groups in total. The van der Waals surface area contributed by atoms with Crippen molar-refractivity contribution in [3.63, 3.8) is 0 Å². The largest absolute Gasteiger partial charge is 0.481 e. The summed E-state index contributed by atoms with van der Waals surface area (Å²) in [6, 6.07) is 0. The van der Waals surface area contributed by atoms with Crippen molar-refractivity contribution < 1.29 is 37.2 Å². The second-order valence-corrected chi connectivity index (χ2v) is 1.49. The van der Waals surface area contributed by atoms with Crippen LogP contribution in [0.5, 0.6) is 0 Å². The Labute approximate surface area is 63.1 Å². The number of carbonyl (C=O) groups is 1. The smallest absolute Gasteiger partial charge is 0.305 e. The Morgan fingerprint density at radius 2 is 1.71 bits per heavy atom. The van der Waals surface area contributed by atoms with Crippen LogP contribution < -0.4 is 0 Å². The summed E-state index contributed by atoms with van der Waals surface area (Å²) in [6.45, 7) is 3.28. The van der Waals surface area contributed by atoms with Gasteiger partial charge in [-0.15, -0.1) is 0 Å². The Balaban J connectivity index is 0. The minimum absolute atomic E-state index is 0. The van der Waals surface area contributed by atoms with Crippen molar-refractivity contribution in [3.8, 4) is 0 Å². The van der Waals surface area contributed by atoms with Gasteiger partial charge in [-0.1, -0.05) is 13.8 Å². The Morgan fingerprint density at radius 1 is 1.57 bits per heavy atom. The molecule has 0 saturated carbocycles. The molecule has 38 valence electrons. The Morgan fingerprint density at radius 3 is 1.71 bits per heavy atom. The molecule has 3 heteroatoms. The first-order valence-electron chi connectivity index (χ1n) is 1.87. The van der Waals surface area contributed by atoms with Gasteiger partial charge < -0.3 is 5.11 Å². The normalized spacial score (nSPS) is 7.86. The molecule has 0 unspecified atom stereocenters. The third-order valence-electron chi connectivity index (χ3n) is 0.494. The molecule has 0 bridgehead atoms. The maximum atomic E-state index is 9.70. The summed E-state index contributed by atoms with van der Waals surface area (Å²) in [6.07, 6.45) is 0. The molecule has 0 aliphatic carbocycles. The number of hydrogen-bond donors (Lipinski definition) is 1. The Bertz CT molecular complexity index is 60.7. The molecule has 0 amide bonds. The van der Waals surface area contributed by atoms with Gasteiger partial charge in [0.05, 0.1) is 5.92 Å². The number of aliphatic carboxylic acids is 1. The summed E-state index contributed by atoms with van der Waals surface area (Å²) >= 11 is 0. The van der Waals surface area contributed by atoms with Crippen molar-refractivity contribution in [2.24, 2.45) is 5.92 Å². The fraction of sp³-hybridized carbons (Fsp3) is 0.750. The molecule has 0 spiro atoms. The van der Waals surface area contributed by atoms with Crippen LogP contribution in [0, 0.1) is 5.92 Å². The minimum atomic E-state index is -0.741. The predicted octanol–water partition coefficient (Wildman–Crippen LogP) is 0.724. The van der Waals surface area contributed by atoms with Crippen molar-refractivity contribution >= 4 is 5.97 Å².